The van der Waals surface area contributed by atoms with Gasteiger partial charge in [-0.15, -0.1) is 0 Å². The predicted molar refractivity (Wildman–Crippen MR) is 119 cm³/mol. The highest BCUT2D eigenvalue weighted by Gasteiger charge is 2.03. The number of unbranched alkanes of at least 4 members (excludes halogenated alkanes) is 12. The second-order valence-corrected chi connectivity index (χ2v) is 8.15. The first-order chi connectivity index (χ1) is 12.9. The Kier molecular flexibility index (Phi) is 24.5. The average Bonchev–Trinajstić information content (AvgIpc) is 2.60. The fourth-order valence-electron chi connectivity index (χ4n) is 3.11. The van der Waals surface area contributed by atoms with E-state index in [1.807, 2.05) is 6.92 Å². The van der Waals surface area contributed by atoms with Crippen LogP contribution in [0.15, 0.2) is 0 Å². The molecule has 0 aliphatic rings. The van der Waals surface area contributed by atoms with E-state index in [-0.39, 0.29) is 6.04 Å². The Labute approximate surface area is 170 Å². The van der Waals surface area contributed by atoms with Gasteiger partial charge in [-0.05, 0) is 26.7 Å². The molecule has 0 rings (SSSR count). The molecule has 0 fully saturated rings. The first kappa shape index (κ1) is 28.4. The van der Waals surface area contributed by atoms with Gasteiger partial charge in [-0.25, -0.2) is 4.79 Å². The van der Waals surface area contributed by atoms with Crippen molar-refractivity contribution in [3.63, 3.8) is 0 Å². The highest BCUT2D eigenvalue weighted by Crippen LogP contribution is 2.10. The topological polar surface area (TPSA) is 75.3 Å². The Balaban J connectivity index is 0. The van der Waals surface area contributed by atoms with Crippen molar-refractivity contribution >= 4 is 6.09 Å². The average molecular weight is 387 g/mol. The molecule has 0 heterocycles. The largest absolute Gasteiger partial charge is 0.465 e. The van der Waals surface area contributed by atoms with Crippen LogP contribution < -0.4 is 11.1 Å². The van der Waals surface area contributed by atoms with Gasteiger partial charge >= 0.3 is 6.09 Å². The van der Waals surface area contributed by atoms with Crippen LogP contribution in [0.25, 0.3) is 0 Å². The molecule has 0 aromatic carbocycles. The molecule has 4 nitrogen and oxygen atoms in total. The lowest BCUT2D eigenvalue weighted by molar-refractivity contribution is 0.190. The van der Waals surface area contributed by atoms with Gasteiger partial charge in [0, 0.05) is 12.1 Å². The zero-order valence-electron chi connectivity index (χ0n) is 18.9. The number of carbonyl (C=O) groups is 1. The molecule has 0 spiro atoms. The molecule has 27 heavy (non-hydrogen) atoms. The minimum absolute atomic E-state index is 0.0955. The summed E-state index contributed by atoms with van der Waals surface area (Å²) in [6.45, 7) is 8.50. The normalized spacial score (nSPS) is 12.8. The van der Waals surface area contributed by atoms with Crippen molar-refractivity contribution in [1.29, 1.82) is 0 Å². The lowest BCUT2D eigenvalue weighted by Gasteiger charge is -2.10. The molecule has 0 saturated heterocycles. The summed E-state index contributed by atoms with van der Waals surface area (Å²) in [7, 11) is 0. The van der Waals surface area contributed by atoms with Crippen molar-refractivity contribution in [2.45, 2.75) is 143 Å². The third-order valence-corrected chi connectivity index (χ3v) is 4.87. The highest BCUT2D eigenvalue weighted by molar-refractivity contribution is 5.64. The molecule has 0 aromatic rings. The minimum Gasteiger partial charge on any atom is -0.465 e. The molecule has 0 bridgehead atoms. The van der Waals surface area contributed by atoms with E-state index in [1.165, 1.54) is 89.9 Å². The molecule has 164 valence electrons. The maximum absolute atomic E-state index is 10.3. The van der Waals surface area contributed by atoms with Crippen LogP contribution in [0.4, 0.5) is 4.79 Å². The summed E-state index contributed by atoms with van der Waals surface area (Å²) in [5, 5.41) is 10.9. The SMILES string of the molecule is CCCCCCCCCC(C)N.CCCCCCCCCC(C)NC(=O)O. The molecule has 0 radical (unpaired) electrons. The van der Waals surface area contributed by atoms with Crippen LogP contribution in [-0.2, 0) is 0 Å². The Hall–Kier alpha value is -0.770. The number of carboxylic acid groups (broad SMARTS) is 1. The minimum atomic E-state index is -0.912. The maximum atomic E-state index is 10.3. The fourth-order valence-corrected chi connectivity index (χ4v) is 3.11. The third-order valence-electron chi connectivity index (χ3n) is 4.87. The summed E-state index contributed by atoms with van der Waals surface area (Å²) in [5.41, 5.74) is 5.65. The lowest BCUT2D eigenvalue weighted by Crippen LogP contribution is -2.30. The third kappa shape index (κ3) is 30.2. The second-order valence-electron chi connectivity index (χ2n) is 8.15. The van der Waals surface area contributed by atoms with Crippen LogP contribution in [0.1, 0.15) is 130 Å². The van der Waals surface area contributed by atoms with Crippen molar-refractivity contribution in [3.05, 3.63) is 0 Å². The van der Waals surface area contributed by atoms with Crippen LogP contribution in [-0.4, -0.2) is 23.3 Å². The molecule has 2 atom stereocenters. The number of hydrogen-bond acceptors (Lipinski definition) is 2. The van der Waals surface area contributed by atoms with Crippen LogP contribution in [0.2, 0.25) is 0 Å². The van der Waals surface area contributed by atoms with Crippen LogP contribution in [0.3, 0.4) is 0 Å². The Bertz CT molecular complexity index is 296. The number of nitrogens with two attached hydrogens (primary N) is 1. The summed E-state index contributed by atoms with van der Waals surface area (Å²) in [6.07, 6.45) is 19.9. The van der Waals surface area contributed by atoms with E-state index in [1.54, 1.807) is 0 Å². The number of hydrogen-bond donors (Lipinski definition) is 3. The molecular formula is C23H50N2O2. The molecule has 1 amide bonds. The molecule has 0 saturated carbocycles. The quantitative estimate of drug-likeness (QED) is 0.230. The van der Waals surface area contributed by atoms with Crippen molar-refractivity contribution in [2.24, 2.45) is 5.73 Å². The summed E-state index contributed by atoms with van der Waals surface area (Å²) < 4.78 is 0. The Morgan fingerprint density at radius 2 is 1.11 bits per heavy atom. The monoisotopic (exact) mass is 386 g/mol. The van der Waals surface area contributed by atoms with E-state index in [4.69, 9.17) is 10.8 Å². The number of rotatable bonds is 17. The smallest absolute Gasteiger partial charge is 0.404 e. The Morgan fingerprint density at radius 1 is 0.741 bits per heavy atom. The van der Waals surface area contributed by atoms with Gasteiger partial charge in [-0.1, -0.05) is 104 Å². The van der Waals surface area contributed by atoms with Gasteiger partial charge in [0.25, 0.3) is 0 Å². The van der Waals surface area contributed by atoms with Crippen LogP contribution in [0.5, 0.6) is 0 Å². The van der Waals surface area contributed by atoms with E-state index in [0.717, 1.165) is 12.8 Å². The molecule has 4 N–H and O–H groups in total. The summed E-state index contributed by atoms with van der Waals surface area (Å²) in [4.78, 5) is 10.3. The fraction of sp³-hybridized carbons (Fsp3) is 0.957. The molecule has 0 aromatic heterocycles. The van der Waals surface area contributed by atoms with Gasteiger partial charge in [-0.2, -0.15) is 0 Å². The molecular weight excluding hydrogens is 336 g/mol. The first-order valence-corrected chi connectivity index (χ1v) is 11.7. The first-order valence-electron chi connectivity index (χ1n) is 11.7. The Morgan fingerprint density at radius 3 is 1.48 bits per heavy atom. The van der Waals surface area contributed by atoms with E-state index >= 15 is 0 Å². The molecule has 0 aliphatic carbocycles. The van der Waals surface area contributed by atoms with E-state index in [0.29, 0.717) is 6.04 Å². The zero-order valence-corrected chi connectivity index (χ0v) is 18.9. The summed E-state index contributed by atoms with van der Waals surface area (Å²) >= 11 is 0. The lowest BCUT2D eigenvalue weighted by atomic mass is 10.1. The van der Waals surface area contributed by atoms with E-state index < -0.39 is 6.09 Å². The number of nitrogens with one attached hydrogen (secondary N) is 1. The van der Waals surface area contributed by atoms with Crippen LogP contribution in [0, 0.1) is 0 Å². The van der Waals surface area contributed by atoms with Gasteiger partial charge in [0.1, 0.15) is 0 Å². The van der Waals surface area contributed by atoms with Gasteiger partial charge in [0.05, 0.1) is 0 Å². The molecule has 0 aliphatic heterocycles. The molecule has 2 unspecified atom stereocenters. The van der Waals surface area contributed by atoms with Gasteiger partial charge in [0.15, 0.2) is 0 Å². The molecule has 4 heteroatoms. The zero-order chi connectivity index (χ0) is 20.8. The second kappa shape index (κ2) is 23.3. The maximum Gasteiger partial charge on any atom is 0.404 e. The highest BCUT2D eigenvalue weighted by atomic mass is 16.4. The van der Waals surface area contributed by atoms with Gasteiger partial charge < -0.3 is 16.2 Å². The van der Waals surface area contributed by atoms with Gasteiger partial charge in [0.2, 0.25) is 0 Å². The van der Waals surface area contributed by atoms with Crippen molar-refractivity contribution in [2.75, 3.05) is 0 Å². The van der Waals surface area contributed by atoms with E-state index in [2.05, 4.69) is 26.1 Å². The van der Waals surface area contributed by atoms with Gasteiger partial charge in [-0.3, -0.25) is 0 Å². The summed E-state index contributed by atoms with van der Waals surface area (Å²) in [5.74, 6) is 0. The van der Waals surface area contributed by atoms with Crippen molar-refractivity contribution in [1.82, 2.24) is 5.32 Å². The van der Waals surface area contributed by atoms with E-state index in [9.17, 15) is 4.79 Å². The van der Waals surface area contributed by atoms with Crippen molar-refractivity contribution < 1.29 is 9.90 Å². The van der Waals surface area contributed by atoms with Crippen molar-refractivity contribution in [3.8, 4) is 0 Å². The summed E-state index contributed by atoms with van der Waals surface area (Å²) in [6, 6.07) is 0.499. The van der Waals surface area contributed by atoms with Crippen LogP contribution >= 0.6 is 0 Å². The number of amides is 1. The predicted octanol–water partition coefficient (Wildman–Crippen LogP) is 7.26. The standard InChI is InChI=1S/C12H25NO2.C11H25N/c1-3-4-5-6-7-8-9-10-11(2)13-12(14)15;1-3-4-5-6-7-8-9-10-11(2)12/h11,13H,3-10H2,1-2H3,(H,14,15);11H,3-10,12H2,1-2H3.